The van der Waals surface area contributed by atoms with Crippen LogP contribution >= 0.6 is 11.6 Å². The maximum atomic E-state index is 12.7. The molecule has 0 bridgehead atoms. The predicted octanol–water partition coefficient (Wildman–Crippen LogP) is 4.60. The number of carboxylic acid groups (broad SMARTS) is 1. The van der Waals surface area contributed by atoms with Crippen LogP contribution in [0.4, 0.5) is 4.79 Å². The van der Waals surface area contributed by atoms with Gasteiger partial charge in [-0.2, -0.15) is 0 Å². The van der Waals surface area contributed by atoms with Crippen LogP contribution in [0, 0.1) is 11.3 Å². The highest BCUT2D eigenvalue weighted by Gasteiger charge is 2.37. The molecular formula is C24H31ClN4O4. The standard InChI is InChI=1S/C24H31ClN4O4/c1-14(2)18-12-27(8-9-29(18)23(31)32)19-13-28(26-22(30)24(3,4)5)11-17-16-10-15(25)6-7-20(16)33-21(17)19/h6-7,10,13-14,18H,8-9,11-12H2,1-5H3,(H,26,30)(H,31,32)/t18-/m1/s1. The molecule has 178 valence electrons. The van der Waals surface area contributed by atoms with E-state index < -0.39 is 11.5 Å². The van der Waals surface area contributed by atoms with Gasteiger partial charge in [-0.3, -0.25) is 15.2 Å². The molecule has 1 saturated heterocycles. The van der Waals surface area contributed by atoms with E-state index in [1.165, 1.54) is 4.90 Å². The van der Waals surface area contributed by atoms with Crippen molar-refractivity contribution in [2.24, 2.45) is 11.3 Å². The van der Waals surface area contributed by atoms with Gasteiger partial charge in [0, 0.05) is 47.2 Å². The Kier molecular flexibility index (Phi) is 5.99. The molecule has 1 aromatic heterocycles. The largest absolute Gasteiger partial charge is 0.465 e. The van der Waals surface area contributed by atoms with E-state index in [1.807, 2.05) is 53.0 Å². The molecule has 33 heavy (non-hydrogen) atoms. The zero-order valence-electron chi connectivity index (χ0n) is 19.7. The van der Waals surface area contributed by atoms with Crippen LogP contribution in [0.1, 0.15) is 45.9 Å². The summed E-state index contributed by atoms with van der Waals surface area (Å²) in [7, 11) is 0. The maximum absolute atomic E-state index is 12.7. The molecule has 1 atom stereocenters. The number of nitrogens with zero attached hydrogens (tertiary/aromatic N) is 3. The van der Waals surface area contributed by atoms with Gasteiger partial charge in [0.25, 0.3) is 0 Å². The highest BCUT2D eigenvalue weighted by molar-refractivity contribution is 6.31. The van der Waals surface area contributed by atoms with Gasteiger partial charge in [-0.1, -0.05) is 46.2 Å². The van der Waals surface area contributed by atoms with Crippen molar-refractivity contribution >= 4 is 40.3 Å². The molecule has 2 aliphatic heterocycles. The topological polar surface area (TPSA) is 89.3 Å². The first kappa shape index (κ1) is 23.3. The molecule has 0 saturated carbocycles. The number of hydrazine groups is 1. The summed E-state index contributed by atoms with van der Waals surface area (Å²) in [6.45, 7) is 11.6. The number of carbonyl (C=O) groups is 2. The lowest BCUT2D eigenvalue weighted by molar-refractivity contribution is -0.132. The molecule has 1 aromatic carbocycles. The summed E-state index contributed by atoms with van der Waals surface area (Å²) >= 11 is 6.27. The summed E-state index contributed by atoms with van der Waals surface area (Å²) in [5, 5.41) is 13.0. The number of fused-ring (bicyclic) bond motifs is 3. The fourth-order valence-electron chi connectivity index (χ4n) is 4.34. The molecule has 2 aromatic rings. The Morgan fingerprint density at radius 2 is 1.97 bits per heavy atom. The van der Waals surface area contributed by atoms with Gasteiger partial charge in [0.2, 0.25) is 5.91 Å². The molecule has 2 aliphatic rings. The van der Waals surface area contributed by atoms with Crippen molar-refractivity contribution in [2.45, 2.75) is 47.2 Å². The maximum Gasteiger partial charge on any atom is 0.407 e. The van der Waals surface area contributed by atoms with E-state index in [-0.39, 0.29) is 17.9 Å². The van der Waals surface area contributed by atoms with Gasteiger partial charge in [0.05, 0.1) is 18.3 Å². The second-order valence-electron chi connectivity index (χ2n) is 10.1. The fourth-order valence-corrected chi connectivity index (χ4v) is 4.51. The molecular weight excluding hydrogens is 444 g/mol. The Bertz CT molecular complexity index is 1120. The van der Waals surface area contributed by atoms with Gasteiger partial charge in [0.1, 0.15) is 5.58 Å². The first-order chi connectivity index (χ1) is 15.5. The molecule has 4 rings (SSSR count). The predicted molar refractivity (Wildman–Crippen MR) is 127 cm³/mol. The Hall–Kier alpha value is -2.87. The van der Waals surface area contributed by atoms with Crippen molar-refractivity contribution in [1.29, 1.82) is 0 Å². The van der Waals surface area contributed by atoms with Crippen LogP contribution in [-0.2, 0) is 11.3 Å². The molecule has 0 unspecified atom stereocenters. The second-order valence-corrected chi connectivity index (χ2v) is 10.6. The van der Waals surface area contributed by atoms with Crippen LogP contribution in [0.2, 0.25) is 5.02 Å². The van der Waals surface area contributed by atoms with E-state index >= 15 is 0 Å². The van der Waals surface area contributed by atoms with E-state index in [0.717, 1.165) is 28.0 Å². The zero-order valence-corrected chi connectivity index (χ0v) is 20.4. The van der Waals surface area contributed by atoms with Crippen LogP contribution in [0.25, 0.3) is 16.7 Å². The van der Waals surface area contributed by atoms with Crippen LogP contribution in [0.3, 0.4) is 0 Å². The number of benzene rings is 1. The minimum atomic E-state index is -0.899. The van der Waals surface area contributed by atoms with Crippen molar-refractivity contribution < 1.29 is 19.1 Å². The third kappa shape index (κ3) is 4.49. The lowest BCUT2D eigenvalue weighted by atomic mass is 9.96. The third-order valence-corrected chi connectivity index (χ3v) is 6.53. The van der Waals surface area contributed by atoms with Crippen molar-refractivity contribution in [3.63, 3.8) is 0 Å². The van der Waals surface area contributed by atoms with Crippen LogP contribution in [0.15, 0.2) is 28.8 Å². The first-order valence-corrected chi connectivity index (χ1v) is 11.6. The highest BCUT2D eigenvalue weighted by atomic mass is 35.5. The van der Waals surface area contributed by atoms with Gasteiger partial charge >= 0.3 is 6.09 Å². The van der Waals surface area contributed by atoms with Crippen molar-refractivity contribution in [3.8, 4) is 0 Å². The molecule has 8 nitrogen and oxygen atoms in total. The Morgan fingerprint density at radius 3 is 2.61 bits per heavy atom. The number of halogens is 1. The number of amides is 2. The number of piperazine rings is 1. The summed E-state index contributed by atoms with van der Waals surface area (Å²) in [5.41, 5.74) is 4.96. The van der Waals surface area contributed by atoms with E-state index in [0.29, 0.717) is 31.2 Å². The lowest BCUT2D eigenvalue weighted by Gasteiger charge is -2.44. The van der Waals surface area contributed by atoms with Gasteiger partial charge < -0.3 is 19.3 Å². The molecule has 3 heterocycles. The Labute approximate surface area is 198 Å². The minimum absolute atomic E-state index is 0.0943. The van der Waals surface area contributed by atoms with E-state index in [2.05, 4.69) is 10.3 Å². The molecule has 0 spiro atoms. The Balaban J connectivity index is 1.74. The number of furan rings is 1. The smallest absolute Gasteiger partial charge is 0.407 e. The zero-order chi connectivity index (χ0) is 24.1. The summed E-state index contributed by atoms with van der Waals surface area (Å²) in [4.78, 5) is 28.2. The fraction of sp³-hybridized carbons (Fsp3) is 0.500. The van der Waals surface area contributed by atoms with Crippen molar-refractivity contribution in [1.82, 2.24) is 20.2 Å². The minimum Gasteiger partial charge on any atom is -0.465 e. The average molecular weight is 475 g/mol. The molecule has 1 fully saturated rings. The van der Waals surface area contributed by atoms with E-state index in [4.69, 9.17) is 16.0 Å². The van der Waals surface area contributed by atoms with Gasteiger partial charge in [-0.05, 0) is 24.1 Å². The average Bonchev–Trinajstić information content (AvgIpc) is 3.09. The number of hydrogen-bond acceptors (Lipinski definition) is 5. The number of nitrogens with one attached hydrogen (secondary N) is 1. The van der Waals surface area contributed by atoms with E-state index in [1.54, 1.807) is 11.1 Å². The number of rotatable bonds is 3. The highest BCUT2D eigenvalue weighted by Crippen LogP contribution is 2.38. The van der Waals surface area contributed by atoms with Crippen molar-refractivity contribution in [3.05, 3.63) is 40.7 Å². The third-order valence-electron chi connectivity index (χ3n) is 6.29. The second kappa shape index (κ2) is 8.48. The Morgan fingerprint density at radius 1 is 1.24 bits per heavy atom. The monoisotopic (exact) mass is 474 g/mol. The summed E-state index contributed by atoms with van der Waals surface area (Å²) in [6, 6.07) is 5.37. The number of carbonyl (C=O) groups excluding carboxylic acids is 1. The molecule has 2 N–H and O–H groups in total. The van der Waals surface area contributed by atoms with Crippen LogP contribution < -0.4 is 5.43 Å². The summed E-state index contributed by atoms with van der Waals surface area (Å²) in [6.07, 6.45) is 0.994. The van der Waals surface area contributed by atoms with E-state index in [9.17, 15) is 14.7 Å². The first-order valence-electron chi connectivity index (χ1n) is 11.2. The summed E-state index contributed by atoms with van der Waals surface area (Å²) < 4.78 is 6.26. The van der Waals surface area contributed by atoms with Crippen LogP contribution in [-0.4, -0.2) is 57.6 Å². The quantitative estimate of drug-likeness (QED) is 0.675. The number of hydrogen-bond donors (Lipinski definition) is 2. The van der Waals surface area contributed by atoms with Crippen molar-refractivity contribution in [2.75, 3.05) is 19.6 Å². The molecule has 9 heteroatoms. The lowest BCUT2D eigenvalue weighted by Crippen LogP contribution is -2.56. The van der Waals surface area contributed by atoms with Crippen LogP contribution in [0.5, 0.6) is 0 Å². The summed E-state index contributed by atoms with van der Waals surface area (Å²) in [5.74, 6) is 0.793. The SMILES string of the molecule is CC(C)[C@H]1CN(C2=CN(NC(=O)C(C)(C)C)Cc3c2oc2ccc(Cl)cc32)CCN1C(=O)O. The van der Waals surface area contributed by atoms with Gasteiger partial charge in [-0.15, -0.1) is 0 Å². The molecule has 2 amide bonds. The van der Waals surface area contributed by atoms with Gasteiger partial charge in [0.15, 0.2) is 5.76 Å². The normalized spacial score (nSPS) is 19.1. The van der Waals surface area contributed by atoms with Gasteiger partial charge in [-0.25, -0.2) is 4.79 Å². The molecule has 0 radical (unpaired) electrons. The molecule has 0 aliphatic carbocycles.